The van der Waals surface area contributed by atoms with Crippen molar-refractivity contribution in [2.45, 2.75) is 93.5 Å². The van der Waals surface area contributed by atoms with Crippen molar-refractivity contribution in [3.8, 4) is 22.9 Å². The van der Waals surface area contributed by atoms with Crippen LogP contribution in [0.2, 0.25) is 0 Å². The Kier molecular flexibility index (Phi) is 14.4. The number of esters is 2. The maximum absolute atomic E-state index is 13.7. The normalized spacial score (nSPS) is 13.9. The number of carbonyl (C=O) groups excluding carboxylic acids is 2. The van der Waals surface area contributed by atoms with Gasteiger partial charge in [-0.1, -0.05) is 74.3 Å². The van der Waals surface area contributed by atoms with Crippen LogP contribution in [0.15, 0.2) is 30.6 Å². The van der Waals surface area contributed by atoms with Crippen LogP contribution < -0.4 is 4.74 Å². The van der Waals surface area contributed by atoms with Crippen LogP contribution in [0, 0.1) is 35.5 Å². The largest absolute Gasteiger partial charge is 0.504 e. The van der Waals surface area contributed by atoms with E-state index in [-0.39, 0.29) is 36.4 Å². The molecule has 42 heavy (non-hydrogen) atoms. The molecule has 0 saturated heterocycles. The number of aromatic hydroxyl groups is 1. The molecule has 1 heterocycles. The van der Waals surface area contributed by atoms with E-state index in [1.165, 1.54) is 7.11 Å². The molecule has 8 nitrogen and oxygen atoms in total. The van der Waals surface area contributed by atoms with Gasteiger partial charge in [0.15, 0.2) is 11.5 Å². The number of nitrogens with zero attached hydrogens (tertiary/aromatic N) is 2. The minimum absolute atomic E-state index is 0.0966. The van der Waals surface area contributed by atoms with Crippen LogP contribution in [-0.4, -0.2) is 46.9 Å². The fourth-order valence-electron chi connectivity index (χ4n) is 4.95. The molecule has 8 heteroatoms. The number of hydrogen-bond acceptors (Lipinski definition) is 7. The van der Waals surface area contributed by atoms with Gasteiger partial charge in [-0.3, -0.25) is 4.79 Å². The molecule has 0 radical (unpaired) electrons. The van der Waals surface area contributed by atoms with Gasteiger partial charge in [0.1, 0.15) is 11.9 Å². The van der Waals surface area contributed by atoms with Crippen LogP contribution in [0.3, 0.4) is 0 Å². The van der Waals surface area contributed by atoms with Crippen molar-refractivity contribution < 1.29 is 28.9 Å². The molecule has 1 N–H and O–H groups in total. The molecule has 0 aliphatic heterocycles. The molecule has 0 amide bonds. The van der Waals surface area contributed by atoms with Crippen LogP contribution in [0.4, 0.5) is 0 Å². The van der Waals surface area contributed by atoms with Crippen LogP contribution >= 0.6 is 0 Å². The fourth-order valence-corrected chi connectivity index (χ4v) is 4.95. The van der Waals surface area contributed by atoms with E-state index >= 15 is 0 Å². The lowest BCUT2D eigenvalue weighted by Gasteiger charge is -2.25. The lowest BCUT2D eigenvalue weighted by Crippen LogP contribution is -2.29. The number of aromatic nitrogens is 2. The quantitative estimate of drug-likeness (QED) is 0.179. The number of para-hydroxylation sites is 1. The van der Waals surface area contributed by atoms with Gasteiger partial charge in [-0.25, -0.2) is 9.78 Å². The summed E-state index contributed by atoms with van der Waals surface area (Å²) in [6.07, 6.45) is 7.00. The van der Waals surface area contributed by atoms with Crippen molar-refractivity contribution in [2.75, 3.05) is 20.3 Å². The van der Waals surface area contributed by atoms with Crippen molar-refractivity contribution in [2.24, 2.45) is 35.5 Å². The van der Waals surface area contributed by atoms with E-state index in [0.29, 0.717) is 41.7 Å². The maximum Gasteiger partial charge on any atom is 0.329 e. The van der Waals surface area contributed by atoms with E-state index in [9.17, 15) is 14.7 Å². The zero-order chi connectivity index (χ0) is 31.4. The van der Waals surface area contributed by atoms with Crippen molar-refractivity contribution >= 4 is 11.9 Å². The van der Waals surface area contributed by atoms with Gasteiger partial charge < -0.3 is 23.9 Å². The number of methoxy groups -OCH3 is 1. The SMILES string of the molecule is COc1cccc(-c2nccn2C(CC(=O)OCC(CCC(C)C)C(C)C)C(=O)OCC(CCC(C)C)C(C)C)c1O. The Morgan fingerprint density at radius 2 is 1.43 bits per heavy atom. The van der Waals surface area contributed by atoms with Crippen molar-refractivity contribution in [3.05, 3.63) is 30.6 Å². The fraction of sp³-hybridized carbons (Fsp3) is 0.676. The van der Waals surface area contributed by atoms with Crippen LogP contribution in [-0.2, 0) is 19.1 Å². The zero-order valence-corrected chi connectivity index (χ0v) is 27.3. The smallest absolute Gasteiger partial charge is 0.329 e. The molecule has 3 unspecified atom stereocenters. The predicted molar refractivity (Wildman–Crippen MR) is 166 cm³/mol. The Hall–Kier alpha value is -3.03. The van der Waals surface area contributed by atoms with Crippen molar-refractivity contribution in [1.82, 2.24) is 9.55 Å². The first-order chi connectivity index (χ1) is 19.8. The lowest BCUT2D eigenvalue weighted by molar-refractivity contribution is -0.156. The second kappa shape index (κ2) is 17.2. The molecule has 1 aromatic carbocycles. The molecule has 0 aliphatic carbocycles. The first-order valence-electron chi connectivity index (χ1n) is 15.6. The number of carbonyl (C=O) groups is 2. The molecule has 0 saturated carbocycles. The first-order valence-corrected chi connectivity index (χ1v) is 15.6. The van der Waals surface area contributed by atoms with E-state index in [2.05, 4.69) is 60.4 Å². The highest BCUT2D eigenvalue weighted by Crippen LogP contribution is 2.37. The maximum atomic E-state index is 13.7. The molecule has 0 bridgehead atoms. The standard InChI is InChI=1S/C34H54N2O6/c1-22(2)13-15-26(24(5)6)20-41-31(37)19-29(34(39)42-21-27(25(7)8)16-14-23(3)4)36-18-17-35-33(36)28-11-10-12-30(40-9)32(28)38/h10-12,17-18,22-27,29,38H,13-16,19-21H2,1-9H3. The minimum Gasteiger partial charge on any atom is -0.504 e. The molecule has 3 atom stereocenters. The van der Waals surface area contributed by atoms with E-state index in [4.69, 9.17) is 14.2 Å². The third-order valence-electron chi connectivity index (χ3n) is 8.11. The lowest BCUT2D eigenvalue weighted by atomic mass is 9.89. The predicted octanol–water partition coefficient (Wildman–Crippen LogP) is 7.70. The van der Waals surface area contributed by atoms with Gasteiger partial charge in [-0.2, -0.15) is 0 Å². The van der Waals surface area contributed by atoms with Crippen molar-refractivity contribution in [1.29, 1.82) is 0 Å². The van der Waals surface area contributed by atoms with E-state index < -0.39 is 18.0 Å². The Labute approximate surface area is 253 Å². The average molecular weight is 587 g/mol. The summed E-state index contributed by atoms with van der Waals surface area (Å²) in [5.74, 6) is 1.82. The highest BCUT2D eigenvalue weighted by atomic mass is 16.5. The molecular weight excluding hydrogens is 532 g/mol. The van der Waals surface area contributed by atoms with E-state index in [0.717, 1.165) is 25.7 Å². The molecular formula is C34H54N2O6. The van der Waals surface area contributed by atoms with Gasteiger partial charge in [0.05, 0.1) is 32.3 Å². The third-order valence-corrected chi connectivity index (χ3v) is 8.11. The Balaban J connectivity index is 2.32. The Morgan fingerprint density at radius 1 is 0.857 bits per heavy atom. The van der Waals surface area contributed by atoms with Gasteiger partial charge in [-0.15, -0.1) is 0 Å². The highest BCUT2D eigenvalue weighted by Gasteiger charge is 2.31. The summed E-state index contributed by atoms with van der Waals surface area (Å²) in [7, 11) is 1.47. The number of benzene rings is 1. The summed E-state index contributed by atoms with van der Waals surface area (Å²) >= 11 is 0. The minimum atomic E-state index is -1.01. The van der Waals surface area contributed by atoms with E-state index in [1.54, 1.807) is 35.2 Å². The van der Waals surface area contributed by atoms with Gasteiger partial charge in [0, 0.05) is 12.4 Å². The molecule has 0 aliphatic rings. The summed E-state index contributed by atoms with van der Waals surface area (Å²) in [5, 5.41) is 10.8. The summed E-state index contributed by atoms with van der Waals surface area (Å²) in [6, 6.07) is 4.06. The summed E-state index contributed by atoms with van der Waals surface area (Å²) in [6.45, 7) is 17.9. The van der Waals surface area contributed by atoms with Gasteiger partial charge in [-0.05, 0) is 60.5 Å². The molecule has 2 rings (SSSR count). The summed E-state index contributed by atoms with van der Waals surface area (Å²) < 4.78 is 18.5. The van der Waals surface area contributed by atoms with Gasteiger partial charge in [0.25, 0.3) is 0 Å². The molecule has 0 spiro atoms. The number of rotatable bonds is 18. The van der Waals surface area contributed by atoms with Gasteiger partial charge >= 0.3 is 11.9 Å². The molecule has 236 valence electrons. The Morgan fingerprint density at radius 3 is 1.95 bits per heavy atom. The monoisotopic (exact) mass is 586 g/mol. The molecule has 0 fully saturated rings. The average Bonchev–Trinajstić information content (AvgIpc) is 3.40. The number of phenols is 1. The van der Waals surface area contributed by atoms with E-state index in [1.807, 2.05) is 0 Å². The summed E-state index contributed by atoms with van der Waals surface area (Å²) in [4.78, 5) is 31.3. The van der Waals surface area contributed by atoms with Crippen LogP contribution in [0.25, 0.3) is 11.4 Å². The zero-order valence-electron chi connectivity index (χ0n) is 27.3. The second-order valence-corrected chi connectivity index (χ2v) is 13.0. The first kappa shape index (κ1) is 35.2. The Bertz CT molecular complexity index is 1110. The second-order valence-electron chi connectivity index (χ2n) is 13.0. The molecule has 1 aromatic heterocycles. The number of phenolic OH excluding ortho intramolecular Hbond substituents is 1. The van der Waals surface area contributed by atoms with Gasteiger partial charge in [0.2, 0.25) is 0 Å². The number of hydrogen-bond donors (Lipinski definition) is 1. The molecule has 2 aromatic rings. The van der Waals surface area contributed by atoms with Crippen molar-refractivity contribution in [3.63, 3.8) is 0 Å². The topological polar surface area (TPSA) is 99.9 Å². The third kappa shape index (κ3) is 10.7. The van der Waals surface area contributed by atoms with Crippen LogP contribution in [0.5, 0.6) is 11.5 Å². The highest BCUT2D eigenvalue weighted by molar-refractivity contribution is 5.82. The van der Waals surface area contributed by atoms with Crippen LogP contribution in [0.1, 0.15) is 93.5 Å². The number of imidazole rings is 1. The summed E-state index contributed by atoms with van der Waals surface area (Å²) in [5.41, 5.74) is 0.385. The number of ether oxygens (including phenoxy) is 3.